The first-order valence-corrected chi connectivity index (χ1v) is 9.23. The Morgan fingerprint density at radius 1 is 1.33 bits per heavy atom. The van der Waals surface area contributed by atoms with Gasteiger partial charge in [-0.3, -0.25) is 9.13 Å². The predicted molar refractivity (Wildman–Crippen MR) is 101 cm³/mol. The molecule has 0 bridgehead atoms. The van der Waals surface area contributed by atoms with Crippen molar-refractivity contribution >= 4 is 34.4 Å². The first-order valence-electron chi connectivity index (χ1n) is 8.86. The molecule has 2 aliphatic rings. The van der Waals surface area contributed by atoms with Gasteiger partial charge in [0, 0.05) is 26.1 Å². The molecule has 3 aromatic rings. The van der Waals surface area contributed by atoms with Crippen LogP contribution in [-0.2, 0) is 18.2 Å². The molecule has 0 spiro atoms. The van der Waals surface area contributed by atoms with E-state index >= 15 is 0 Å². The molecule has 0 aliphatic carbocycles. The van der Waals surface area contributed by atoms with Gasteiger partial charge in [-0.1, -0.05) is 11.6 Å². The van der Waals surface area contributed by atoms with E-state index < -0.39 is 0 Å². The molecule has 4 heterocycles. The predicted octanol–water partition coefficient (Wildman–Crippen LogP) is 2.42. The van der Waals surface area contributed by atoms with Crippen molar-refractivity contribution in [3.63, 3.8) is 0 Å². The van der Waals surface area contributed by atoms with E-state index in [1.54, 1.807) is 28.4 Å². The molecule has 8 nitrogen and oxygen atoms in total. The fourth-order valence-electron chi connectivity index (χ4n) is 3.67. The van der Waals surface area contributed by atoms with Crippen molar-refractivity contribution in [2.75, 3.05) is 25.1 Å². The van der Waals surface area contributed by atoms with Gasteiger partial charge in [0.05, 0.1) is 36.2 Å². The van der Waals surface area contributed by atoms with E-state index in [4.69, 9.17) is 21.1 Å². The maximum absolute atomic E-state index is 12.7. The lowest BCUT2D eigenvalue weighted by atomic mass is 10.1. The highest BCUT2D eigenvalue weighted by Crippen LogP contribution is 2.35. The molecular weight excluding hydrogens is 370 g/mol. The lowest BCUT2D eigenvalue weighted by Gasteiger charge is -2.11. The maximum Gasteiger partial charge on any atom is 0.330 e. The Labute approximate surface area is 159 Å². The Morgan fingerprint density at radius 2 is 2.22 bits per heavy atom. The minimum absolute atomic E-state index is 0.00955. The topological polar surface area (TPSA) is 83.2 Å². The second-order valence-electron chi connectivity index (χ2n) is 6.79. The zero-order valence-corrected chi connectivity index (χ0v) is 15.5. The Bertz CT molecular complexity index is 1100. The number of fused-ring (bicyclic) bond motifs is 2. The first-order chi connectivity index (χ1) is 13.1. The largest absolute Gasteiger partial charge is 0.493 e. The monoisotopic (exact) mass is 387 g/mol. The summed E-state index contributed by atoms with van der Waals surface area (Å²) in [6, 6.07) is 3.75. The van der Waals surface area contributed by atoms with Gasteiger partial charge in [-0.15, -0.1) is 0 Å². The minimum Gasteiger partial charge on any atom is -0.493 e. The average Bonchev–Trinajstić information content (AvgIpc) is 3.37. The smallest absolute Gasteiger partial charge is 0.330 e. The van der Waals surface area contributed by atoms with Crippen LogP contribution in [0.4, 0.5) is 11.6 Å². The fourth-order valence-corrected chi connectivity index (χ4v) is 3.87. The lowest BCUT2D eigenvalue weighted by molar-refractivity contribution is 0.186. The normalized spacial score (nSPS) is 18.7. The summed E-state index contributed by atoms with van der Waals surface area (Å²) >= 11 is 6.37. The number of benzene rings is 1. The van der Waals surface area contributed by atoms with Gasteiger partial charge in [-0.05, 0) is 18.1 Å². The van der Waals surface area contributed by atoms with Gasteiger partial charge < -0.3 is 14.8 Å². The molecular formula is C18H18ClN5O3. The second-order valence-corrected chi connectivity index (χ2v) is 7.20. The number of nitrogens with zero attached hydrogens (tertiary/aromatic N) is 4. The first kappa shape index (κ1) is 16.6. The maximum atomic E-state index is 12.7. The quantitative estimate of drug-likeness (QED) is 0.743. The number of hydrogen-bond acceptors (Lipinski definition) is 6. The van der Waals surface area contributed by atoms with E-state index in [-0.39, 0.29) is 11.7 Å². The number of halogens is 1. The molecule has 0 amide bonds. The summed E-state index contributed by atoms with van der Waals surface area (Å²) in [5.74, 6) is 1.21. The number of nitrogens with one attached hydrogen (secondary N) is 1. The van der Waals surface area contributed by atoms with Crippen molar-refractivity contribution in [1.29, 1.82) is 0 Å². The number of aromatic nitrogens is 4. The van der Waals surface area contributed by atoms with Crippen LogP contribution in [-0.4, -0.2) is 38.9 Å². The average molecular weight is 388 g/mol. The Hall–Kier alpha value is -2.58. The number of anilines is 2. The van der Waals surface area contributed by atoms with Gasteiger partial charge >= 0.3 is 5.69 Å². The summed E-state index contributed by atoms with van der Waals surface area (Å²) < 4.78 is 14.3. The van der Waals surface area contributed by atoms with Crippen molar-refractivity contribution in [1.82, 2.24) is 19.1 Å². The molecule has 0 unspecified atom stereocenters. The van der Waals surface area contributed by atoms with Crippen LogP contribution in [0.1, 0.15) is 18.0 Å². The summed E-state index contributed by atoms with van der Waals surface area (Å²) in [4.78, 5) is 21.6. The van der Waals surface area contributed by atoms with Gasteiger partial charge in [-0.2, -0.15) is 4.98 Å². The van der Waals surface area contributed by atoms with Crippen molar-refractivity contribution in [3.8, 4) is 5.75 Å². The number of imidazole rings is 1. The van der Waals surface area contributed by atoms with Gasteiger partial charge in [0.1, 0.15) is 11.3 Å². The van der Waals surface area contributed by atoms with Gasteiger partial charge in [0.25, 0.3) is 0 Å². The third-order valence-corrected chi connectivity index (χ3v) is 5.44. The highest BCUT2D eigenvalue weighted by atomic mass is 35.5. The zero-order chi connectivity index (χ0) is 18.5. The number of rotatable bonds is 3. The van der Waals surface area contributed by atoms with Crippen molar-refractivity contribution in [2.24, 2.45) is 7.05 Å². The molecule has 2 aromatic heterocycles. The summed E-state index contributed by atoms with van der Waals surface area (Å²) in [7, 11) is 1.73. The van der Waals surface area contributed by atoms with Crippen LogP contribution in [0.15, 0.2) is 23.1 Å². The van der Waals surface area contributed by atoms with Gasteiger partial charge in [-0.25, -0.2) is 9.78 Å². The summed E-state index contributed by atoms with van der Waals surface area (Å²) in [5, 5.41) is 3.71. The van der Waals surface area contributed by atoms with Crippen molar-refractivity contribution < 1.29 is 9.47 Å². The zero-order valence-electron chi connectivity index (χ0n) is 14.7. The summed E-state index contributed by atoms with van der Waals surface area (Å²) in [5.41, 5.74) is 2.98. The molecule has 5 rings (SSSR count). The Morgan fingerprint density at radius 3 is 3.04 bits per heavy atom. The molecule has 2 aliphatic heterocycles. The van der Waals surface area contributed by atoms with E-state index in [0.717, 1.165) is 24.2 Å². The van der Waals surface area contributed by atoms with E-state index in [1.165, 1.54) is 0 Å². The molecule has 9 heteroatoms. The van der Waals surface area contributed by atoms with Crippen LogP contribution < -0.4 is 15.7 Å². The van der Waals surface area contributed by atoms with Crippen LogP contribution in [0.25, 0.3) is 11.2 Å². The molecule has 1 saturated heterocycles. The highest BCUT2D eigenvalue weighted by molar-refractivity contribution is 6.33. The molecule has 1 fully saturated rings. The molecule has 1 N–H and O–H groups in total. The standard InChI is InChI=1S/C18H18ClN5O3/c1-23-14-8-20-17(21-13-6-10-2-5-27-15(10)7-12(13)19)22-16(14)24(18(23)25)11-3-4-26-9-11/h6-8,11H,2-5,9H2,1H3,(H,20,21,22)/t11-/m0/s1. The van der Waals surface area contributed by atoms with Crippen molar-refractivity contribution in [2.45, 2.75) is 18.9 Å². The molecule has 0 radical (unpaired) electrons. The van der Waals surface area contributed by atoms with Crippen LogP contribution in [0.3, 0.4) is 0 Å². The van der Waals surface area contributed by atoms with E-state index in [1.807, 2.05) is 6.07 Å². The van der Waals surface area contributed by atoms with Crippen molar-refractivity contribution in [3.05, 3.63) is 39.4 Å². The summed E-state index contributed by atoms with van der Waals surface area (Å²) in [6.45, 7) is 1.83. The minimum atomic E-state index is -0.111. The lowest BCUT2D eigenvalue weighted by Crippen LogP contribution is -2.26. The van der Waals surface area contributed by atoms with Gasteiger partial charge in [0.15, 0.2) is 5.65 Å². The Balaban J connectivity index is 1.57. The van der Waals surface area contributed by atoms with E-state index in [0.29, 0.717) is 47.6 Å². The number of aryl methyl sites for hydroxylation is 1. The highest BCUT2D eigenvalue weighted by Gasteiger charge is 2.25. The Kier molecular flexibility index (Phi) is 3.84. The molecule has 0 saturated carbocycles. The summed E-state index contributed by atoms with van der Waals surface area (Å²) in [6.07, 6.45) is 3.30. The SMILES string of the molecule is Cn1c(=O)n([C@H]2CCOC2)c2nc(Nc3cc4c(cc3Cl)OCC4)ncc21. The van der Waals surface area contributed by atoms with Crippen LogP contribution >= 0.6 is 11.6 Å². The molecule has 1 atom stereocenters. The van der Waals surface area contributed by atoms with Crippen LogP contribution in [0.5, 0.6) is 5.75 Å². The fraction of sp³-hybridized carbons (Fsp3) is 0.389. The van der Waals surface area contributed by atoms with Crippen LogP contribution in [0.2, 0.25) is 5.02 Å². The second kappa shape index (κ2) is 6.24. The molecule has 27 heavy (non-hydrogen) atoms. The number of ether oxygens (including phenoxy) is 2. The molecule has 140 valence electrons. The third-order valence-electron chi connectivity index (χ3n) is 5.13. The van der Waals surface area contributed by atoms with Gasteiger partial charge in [0.2, 0.25) is 5.95 Å². The van der Waals surface area contributed by atoms with Crippen LogP contribution in [0, 0.1) is 0 Å². The number of hydrogen-bond donors (Lipinski definition) is 1. The van der Waals surface area contributed by atoms with E-state index in [2.05, 4.69) is 15.3 Å². The van der Waals surface area contributed by atoms with E-state index in [9.17, 15) is 4.79 Å². The third kappa shape index (κ3) is 2.67. The molecule has 1 aromatic carbocycles.